The summed E-state index contributed by atoms with van der Waals surface area (Å²) < 4.78 is 6.00. The van der Waals surface area contributed by atoms with Crippen molar-refractivity contribution in [2.45, 2.75) is 19.1 Å². The smallest absolute Gasteiger partial charge is 0.255 e. The highest BCUT2D eigenvalue weighted by Crippen LogP contribution is 2.44. The Morgan fingerprint density at radius 2 is 1.90 bits per heavy atom. The van der Waals surface area contributed by atoms with Crippen molar-refractivity contribution in [2.24, 2.45) is 5.92 Å². The number of pyridine rings is 1. The molecule has 148 valence electrons. The Balaban J connectivity index is 1.37. The minimum atomic E-state index is -0.0803. The first kappa shape index (κ1) is 18.2. The number of nitrogens with zero attached hydrogens (tertiary/aromatic N) is 4. The van der Waals surface area contributed by atoms with Gasteiger partial charge in [0.1, 0.15) is 11.9 Å². The Bertz CT molecular complexity index is 1120. The van der Waals surface area contributed by atoms with Crippen LogP contribution in [0.1, 0.15) is 17.3 Å². The number of aromatic nitrogens is 1. The summed E-state index contributed by atoms with van der Waals surface area (Å²) >= 11 is 0. The van der Waals surface area contributed by atoms with Crippen LogP contribution in [-0.4, -0.2) is 39.4 Å². The lowest BCUT2D eigenvalue weighted by molar-refractivity contribution is 0.0816. The van der Waals surface area contributed by atoms with Crippen LogP contribution < -0.4 is 4.74 Å². The second-order valence-electron chi connectivity index (χ2n) is 7.71. The van der Waals surface area contributed by atoms with Gasteiger partial charge in [-0.2, -0.15) is 5.26 Å². The lowest BCUT2D eigenvalue weighted by Crippen LogP contribution is -2.30. The Labute approximate surface area is 174 Å². The lowest BCUT2D eigenvalue weighted by atomic mass is 10.0. The van der Waals surface area contributed by atoms with E-state index in [0.29, 0.717) is 17.2 Å². The number of carbonyl (C=O) groups is 1. The van der Waals surface area contributed by atoms with Crippen molar-refractivity contribution in [3.8, 4) is 28.8 Å². The van der Waals surface area contributed by atoms with E-state index < -0.39 is 0 Å². The van der Waals surface area contributed by atoms with Gasteiger partial charge in [0.2, 0.25) is 0 Å². The van der Waals surface area contributed by atoms with Gasteiger partial charge in [-0.15, -0.1) is 0 Å². The Morgan fingerprint density at radius 1 is 1.13 bits per heavy atom. The molecule has 5 rings (SSSR count). The molecule has 0 spiro atoms. The number of amides is 1. The zero-order valence-corrected chi connectivity index (χ0v) is 16.5. The molecule has 2 aromatic carbocycles. The fraction of sp³-hybridized carbons (Fsp3) is 0.208. The van der Waals surface area contributed by atoms with Crippen LogP contribution >= 0.6 is 0 Å². The third-order valence-corrected chi connectivity index (χ3v) is 5.77. The highest BCUT2D eigenvalue weighted by molar-refractivity contribution is 5.97. The van der Waals surface area contributed by atoms with Gasteiger partial charge in [-0.25, -0.2) is 0 Å². The zero-order chi connectivity index (χ0) is 20.7. The van der Waals surface area contributed by atoms with Crippen LogP contribution in [0.3, 0.4) is 0 Å². The molecule has 0 N–H and O–H groups in total. The summed E-state index contributed by atoms with van der Waals surface area (Å²) in [6, 6.07) is 19.1. The molecule has 3 atom stereocenters. The van der Waals surface area contributed by atoms with Crippen LogP contribution in [-0.2, 0) is 0 Å². The van der Waals surface area contributed by atoms with Crippen LogP contribution in [0.4, 0.5) is 0 Å². The van der Waals surface area contributed by atoms with Crippen molar-refractivity contribution in [3.05, 3.63) is 78.6 Å². The van der Waals surface area contributed by atoms with Crippen LogP contribution in [0.2, 0.25) is 0 Å². The number of hydrogen-bond donors (Lipinski definition) is 0. The molecule has 2 unspecified atom stereocenters. The van der Waals surface area contributed by atoms with Crippen LogP contribution in [0.25, 0.3) is 11.1 Å². The van der Waals surface area contributed by atoms with Crippen molar-refractivity contribution in [3.63, 3.8) is 0 Å². The van der Waals surface area contributed by atoms with Gasteiger partial charge in [-0.05, 0) is 41.8 Å². The van der Waals surface area contributed by atoms with Crippen LogP contribution in [0, 0.1) is 17.4 Å². The van der Waals surface area contributed by atoms with Gasteiger partial charge in [-0.3, -0.25) is 14.7 Å². The fourth-order valence-corrected chi connectivity index (χ4v) is 4.28. The molecule has 6 nitrogen and oxygen atoms in total. The Kier molecular flexibility index (Phi) is 4.36. The van der Waals surface area contributed by atoms with Crippen molar-refractivity contribution < 1.29 is 9.53 Å². The monoisotopic (exact) mass is 396 g/mol. The highest BCUT2D eigenvalue weighted by Gasteiger charge is 2.61. The van der Waals surface area contributed by atoms with E-state index in [9.17, 15) is 10.1 Å². The SMILES string of the molecule is CC1CN(C#N)C2[C@@H]1N2C(=O)c1ccc(-c2ccncc2Oc2ccccc2)cc1. The number of para-hydroxylation sites is 1. The molecular weight excluding hydrogens is 376 g/mol. The molecule has 6 heteroatoms. The number of rotatable bonds is 4. The maximum atomic E-state index is 12.9. The average molecular weight is 396 g/mol. The van der Waals surface area contributed by atoms with E-state index in [2.05, 4.69) is 18.1 Å². The van der Waals surface area contributed by atoms with E-state index in [1.54, 1.807) is 17.3 Å². The number of carbonyl (C=O) groups excluding carboxylic acids is 1. The summed E-state index contributed by atoms with van der Waals surface area (Å²) in [5.41, 5.74) is 2.47. The topological polar surface area (TPSA) is 69.2 Å². The van der Waals surface area contributed by atoms with Crippen molar-refractivity contribution in [1.29, 1.82) is 5.26 Å². The maximum Gasteiger partial charge on any atom is 0.255 e. The molecule has 2 aliphatic rings. The van der Waals surface area contributed by atoms with Crippen molar-refractivity contribution in [2.75, 3.05) is 6.54 Å². The highest BCUT2D eigenvalue weighted by atomic mass is 16.5. The number of fused-ring (bicyclic) bond motifs is 1. The maximum absolute atomic E-state index is 12.9. The molecule has 30 heavy (non-hydrogen) atoms. The molecule has 1 amide bonds. The normalized spacial score (nSPS) is 21.7. The minimum Gasteiger partial charge on any atom is -0.455 e. The summed E-state index contributed by atoms with van der Waals surface area (Å²) in [5.74, 6) is 1.68. The summed E-state index contributed by atoms with van der Waals surface area (Å²) in [5, 5.41) is 9.27. The Morgan fingerprint density at radius 3 is 2.63 bits per heavy atom. The van der Waals surface area contributed by atoms with Crippen molar-refractivity contribution >= 4 is 5.91 Å². The van der Waals surface area contributed by atoms with E-state index in [4.69, 9.17) is 4.74 Å². The Hall–Kier alpha value is -3.85. The molecule has 2 aliphatic heterocycles. The second-order valence-corrected chi connectivity index (χ2v) is 7.71. The van der Waals surface area contributed by atoms with Crippen LogP contribution in [0.15, 0.2) is 73.1 Å². The molecule has 1 aromatic heterocycles. The quantitative estimate of drug-likeness (QED) is 0.490. The van der Waals surface area contributed by atoms with E-state index in [1.807, 2.05) is 65.6 Å². The van der Waals surface area contributed by atoms with Crippen LogP contribution in [0.5, 0.6) is 11.5 Å². The molecule has 0 radical (unpaired) electrons. The molecule has 2 fully saturated rings. The summed E-state index contributed by atoms with van der Waals surface area (Å²) in [6.07, 6.45) is 5.53. The van der Waals surface area contributed by atoms with Gasteiger partial charge in [0.25, 0.3) is 5.91 Å². The molecule has 3 heterocycles. The summed E-state index contributed by atoms with van der Waals surface area (Å²) in [7, 11) is 0. The predicted molar refractivity (Wildman–Crippen MR) is 111 cm³/mol. The van der Waals surface area contributed by atoms with E-state index >= 15 is 0 Å². The van der Waals surface area contributed by atoms with Gasteiger partial charge in [0.15, 0.2) is 11.9 Å². The predicted octanol–water partition coefficient (Wildman–Crippen LogP) is 4.12. The molecule has 0 saturated carbocycles. The van der Waals surface area contributed by atoms with Crippen molar-refractivity contribution in [1.82, 2.24) is 14.8 Å². The van der Waals surface area contributed by atoms with Gasteiger partial charge < -0.3 is 9.64 Å². The summed E-state index contributed by atoms with van der Waals surface area (Å²) in [4.78, 5) is 20.6. The largest absolute Gasteiger partial charge is 0.455 e. The van der Waals surface area contributed by atoms with E-state index in [-0.39, 0.29) is 18.1 Å². The number of ether oxygens (including phenoxy) is 1. The number of likely N-dealkylation sites (tertiary alicyclic amines) is 1. The molecule has 3 aromatic rings. The number of hydrogen-bond acceptors (Lipinski definition) is 5. The third kappa shape index (κ3) is 3.05. The number of benzene rings is 2. The standard InChI is InChI=1S/C24H20N4O2/c1-16-14-27(15-25)23-22(16)28(23)24(29)18-9-7-17(8-10-18)20-11-12-26-13-21(20)30-19-5-3-2-4-6-19/h2-13,16,22-23H,14H2,1H3/t16?,22-,23?,28?/m1/s1. The minimum absolute atomic E-state index is 0.0289. The van der Waals surface area contributed by atoms with Gasteiger partial charge in [-0.1, -0.05) is 37.3 Å². The molecule has 0 aliphatic carbocycles. The first-order chi connectivity index (χ1) is 14.7. The molecule has 2 saturated heterocycles. The molecule has 0 bridgehead atoms. The second kappa shape index (κ2) is 7.20. The molecular formula is C24H20N4O2. The van der Waals surface area contributed by atoms with E-state index in [0.717, 1.165) is 23.4 Å². The lowest BCUT2D eigenvalue weighted by Gasteiger charge is -2.17. The van der Waals surface area contributed by atoms with Gasteiger partial charge >= 0.3 is 0 Å². The first-order valence-corrected chi connectivity index (χ1v) is 9.94. The average Bonchev–Trinajstić information content (AvgIpc) is 3.45. The fourth-order valence-electron chi connectivity index (χ4n) is 4.28. The zero-order valence-electron chi connectivity index (χ0n) is 16.5. The van der Waals surface area contributed by atoms with Gasteiger partial charge in [0.05, 0.1) is 12.2 Å². The summed E-state index contributed by atoms with van der Waals surface area (Å²) in [6.45, 7) is 2.81. The van der Waals surface area contributed by atoms with E-state index in [1.165, 1.54) is 0 Å². The third-order valence-electron chi connectivity index (χ3n) is 5.77. The van der Waals surface area contributed by atoms with Gasteiger partial charge in [0, 0.05) is 23.9 Å². The number of nitriles is 1. The first-order valence-electron chi connectivity index (χ1n) is 9.94.